The van der Waals surface area contributed by atoms with Crippen molar-refractivity contribution >= 4 is 27.5 Å². The van der Waals surface area contributed by atoms with Crippen molar-refractivity contribution in [3.63, 3.8) is 0 Å². The van der Waals surface area contributed by atoms with Gasteiger partial charge in [0.15, 0.2) is 0 Å². The highest BCUT2D eigenvalue weighted by Crippen LogP contribution is 2.19. The number of anilines is 1. The van der Waals surface area contributed by atoms with Gasteiger partial charge in [-0.3, -0.25) is 4.79 Å². The van der Waals surface area contributed by atoms with Gasteiger partial charge in [-0.25, -0.2) is 4.39 Å². The van der Waals surface area contributed by atoms with Gasteiger partial charge in [-0.1, -0.05) is 13.0 Å². The van der Waals surface area contributed by atoms with Gasteiger partial charge >= 0.3 is 0 Å². The molecular formula is C12H13BrFNO. The zero-order valence-corrected chi connectivity index (χ0v) is 10.8. The molecule has 1 N–H and O–H groups in total. The van der Waals surface area contributed by atoms with E-state index < -0.39 is 5.82 Å². The van der Waals surface area contributed by atoms with Crippen molar-refractivity contribution in [3.8, 4) is 0 Å². The quantitative estimate of drug-likeness (QED) is 0.839. The second-order valence-electron chi connectivity index (χ2n) is 3.38. The predicted octanol–water partition coefficient (Wildman–Crippen LogP) is 3.88. The SMILES string of the molecule is CCC=C(C)C(=O)Nc1ccc(Br)c(F)c1. The summed E-state index contributed by atoms with van der Waals surface area (Å²) < 4.78 is 13.5. The van der Waals surface area contributed by atoms with E-state index in [1.54, 1.807) is 19.1 Å². The van der Waals surface area contributed by atoms with Crippen molar-refractivity contribution in [2.24, 2.45) is 0 Å². The van der Waals surface area contributed by atoms with Crippen LogP contribution in [0.15, 0.2) is 34.3 Å². The van der Waals surface area contributed by atoms with Gasteiger partial charge in [-0.05, 0) is 47.5 Å². The maximum atomic E-state index is 13.2. The number of halogens is 2. The van der Waals surface area contributed by atoms with Crippen LogP contribution in [0.4, 0.5) is 10.1 Å². The molecule has 0 saturated heterocycles. The minimum atomic E-state index is -0.394. The van der Waals surface area contributed by atoms with Crippen LogP contribution >= 0.6 is 15.9 Å². The van der Waals surface area contributed by atoms with E-state index in [2.05, 4.69) is 21.2 Å². The minimum absolute atomic E-state index is 0.205. The first-order valence-corrected chi connectivity index (χ1v) is 5.77. The molecule has 86 valence electrons. The van der Waals surface area contributed by atoms with Crippen molar-refractivity contribution < 1.29 is 9.18 Å². The number of hydrogen-bond acceptors (Lipinski definition) is 1. The van der Waals surface area contributed by atoms with Gasteiger partial charge in [-0.2, -0.15) is 0 Å². The van der Waals surface area contributed by atoms with Crippen molar-refractivity contribution in [2.75, 3.05) is 5.32 Å². The molecule has 0 fully saturated rings. The first-order chi connectivity index (χ1) is 7.54. The molecule has 0 bridgehead atoms. The summed E-state index contributed by atoms with van der Waals surface area (Å²) in [5, 5.41) is 2.63. The predicted molar refractivity (Wildman–Crippen MR) is 66.8 cm³/mol. The highest BCUT2D eigenvalue weighted by molar-refractivity contribution is 9.10. The fraction of sp³-hybridized carbons (Fsp3) is 0.250. The lowest BCUT2D eigenvalue weighted by molar-refractivity contribution is -0.112. The van der Waals surface area contributed by atoms with Gasteiger partial charge < -0.3 is 5.32 Å². The Balaban J connectivity index is 2.77. The summed E-state index contributed by atoms with van der Waals surface area (Å²) in [7, 11) is 0. The third kappa shape index (κ3) is 3.45. The molecule has 1 aromatic carbocycles. The average Bonchev–Trinajstić information content (AvgIpc) is 2.24. The number of nitrogens with one attached hydrogen (secondary N) is 1. The monoisotopic (exact) mass is 285 g/mol. The van der Waals surface area contributed by atoms with E-state index in [-0.39, 0.29) is 5.91 Å². The third-order valence-corrected chi connectivity index (χ3v) is 2.69. The van der Waals surface area contributed by atoms with E-state index in [0.717, 1.165) is 6.42 Å². The van der Waals surface area contributed by atoms with Crippen molar-refractivity contribution in [3.05, 3.63) is 40.1 Å². The number of amides is 1. The Kier molecular flexibility index (Phi) is 4.68. The summed E-state index contributed by atoms with van der Waals surface area (Å²) in [6, 6.07) is 4.48. The molecule has 2 nitrogen and oxygen atoms in total. The Hall–Kier alpha value is -1.16. The topological polar surface area (TPSA) is 29.1 Å². The van der Waals surface area contributed by atoms with Crippen molar-refractivity contribution in [1.29, 1.82) is 0 Å². The maximum Gasteiger partial charge on any atom is 0.250 e. The lowest BCUT2D eigenvalue weighted by Gasteiger charge is -2.05. The van der Waals surface area contributed by atoms with Gasteiger partial charge in [-0.15, -0.1) is 0 Å². The van der Waals surface area contributed by atoms with E-state index in [1.807, 2.05) is 13.0 Å². The summed E-state index contributed by atoms with van der Waals surface area (Å²) in [5.74, 6) is -0.599. The van der Waals surface area contributed by atoms with Crippen LogP contribution < -0.4 is 5.32 Å². The first kappa shape index (κ1) is 12.9. The number of rotatable bonds is 3. The van der Waals surface area contributed by atoms with E-state index in [9.17, 15) is 9.18 Å². The molecule has 1 aromatic rings. The molecule has 0 atom stereocenters. The lowest BCUT2D eigenvalue weighted by Crippen LogP contribution is -2.12. The zero-order valence-electron chi connectivity index (χ0n) is 9.18. The van der Waals surface area contributed by atoms with Gasteiger partial charge in [0.2, 0.25) is 0 Å². The van der Waals surface area contributed by atoms with Crippen LogP contribution in [0.2, 0.25) is 0 Å². The number of benzene rings is 1. The fourth-order valence-corrected chi connectivity index (χ4v) is 1.45. The van der Waals surface area contributed by atoms with E-state index in [4.69, 9.17) is 0 Å². The Labute approximate surface area is 103 Å². The van der Waals surface area contributed by atoms with Crippen LogP contribution in [-0.2, 0) is 4.79 Å². The largest absolute Gasteiger partial charge is 0.322 e. The molecule has 0 radical (unpaired) electrons. The molecule has 0 aliphatic carbocycles. The van der Waals surface area contributed by atoms with Crippen LogP contribution in [0.25, 0.3) is 0 Å². The van der Waals surface area contributed by atoms with Crippen LogP contribution in [0.1, 0.15) is 20.3 Å². The molecule has 0 heterocycles. The Bertz CT molecular complexity index is 429. The van der Waals surface area contributed by atoms with Crippen LogP contribution in [0.3, 0.4) is 0 Å². The first-order valence-electron chi connectivity index (χ1n) is 4.97. The molecular weight excluding hydrogens is 273 g/mol. The normalized spacial score (nSPS) is 11.4. The number of allylic oxidation sites excluding steroid dienone is 1. The van der Waals surface area contributed by atoms with Crippen molar-refractivity contribution in [2.45, 2.75) is 20.3 Å². The highest BCUT2D eigenvalue weighted by atomic mass is 79.9. The van der Waals surface area contributed by atoms with E-state index >= 15 is 0 Å². The minimum Gasteiger partial charge on any atom is -0.322 e. The standard InChI is InChI=1S/C12H13BrFNO/c1-3-4-8(2)12(16)15-9-5-6-10(13)11(14)7-9/h4-7H,3H2,1-2H3,(H,15,16). The summed E-state index contributed by atoms with van der Waals surface area (Å²) in [6.45, 7) is 3.68. The molecule has 16 heavy (non-hydrogen) atoms. The van der Waals surface area contributed by atoms with Gasteiger partial charge in [0.25, 0.3) is 5.91 Å². The van der Waals surface area contributed by atoms with Crippen molar-refractivity contribution in [1.82, 2.24) is 0 Å². The third-order valence-electron chi connectivity index (χ3n) is 2.05. The van der Waals surface area contributed by atoms with Crippen LogP contribution in [-0.4, -0.2) is 5.91 Å². The Morgan fingerprint density at radius 3 is 2.81 bits per heavy atom. The van der Waals surface area contributed by atoms with Gasteiger partial charge in [0.1, 0.15) is 5.82 Å². The van der Waals surface area contributed by atoms with E-state index in [0.29, 0.717) is 15.7 Å². The number of carbonyl (C=O) groups is 1. The average molecular weight is 286 g/mol. The fourth-order valence-electron chi connectivity index (χ4n) is 1.20. The molecule has 1 rings (SSSR count). The lowest BCUT2D eigenvalue weighted by atomic mass is 10.2. The molecule has 0 aromatic heterocycles. The second kappa shape index (κ2) is 5.80. The maximum absolute atomic E-state index is 13.2. The summed E-state index contributed by atoms with van der Waals surface area (Å²) >= 11 is 3.05. The highest BCUT2D eigenvalue weighted by Gasteiger charge is 2.06. The van der Waals surface area contributed by atoms with Crippen LogP contribution in [0, 0.1) is 5.82 Å². The molecule has 4 heteroatoms. The molecule has 0 saturated carbocycles. The molecule has 0 aliphatic heterocycles. The number of carbonyl (C=O) groups excluding carboxylic acids is 1. The van der Waals surface area contributed by atoms with E-state index in [1.165, 1.54) is 6.07 Å². The summed E-state index contributed by atoms with van der Waals surface area (Å²) in [5.41, 5.74) is 1.08. The molecule has 1 amide bonds. The second-order valence-corrected chi connectivity index (χ2v) is 4.23. The molecule has 0 spiro atoms. The number of hydrogen-bond donors (Lipinski definition) is 1. The Morgan fingerprint density at radius 2 is 2.25 bits per heavy atom. The van der Waals surface area contributed by atoms with Crippen LogP contribution in [0.5, 0.6) is 0 Å². The molecule has 0 unspecified atom stereocenters. The smallest absolute Gasteiger partial charge is 0.250 e. The summed E-state index contributed by atoms with van der Waals surface area (Å²) in [4.78, 5) is 11.6. The molecule has 0 aliphatic rings. The Morgan fingerprint density at radius 1 is 1.56 bits per heavy atom. The zero-order chi connectivity index (χ0) is 12.1. The summed E-state index contributed by atoms with van der Waals surface area (Å²) in [6.07, 6.45) is 2.62. The van der Waals surface area contributed by atoms with Gasteiger partial charge in [0, 0.05) is 11.3 Å². The van der Waals surface area contributed by atoms with Gasteiger partial charge in [0.05, 0.1) is 4.47 Å².